The van der Waals surface area contributed by atoms with Crippen LogP contribution >= 0.6 is 22.6 Å². The van der Waals surface area contributed by atoms with Crippen molar-refractivity contribution in [2.24, 2.45) is 0 Å². The van der Waals surface area contributed by atoms with E-state index in [0.717, 1.165) is 3.57 Å². The zero-order chi connectivity index (χ0) is 18.7. The van der Waals surface area contributed by atoms with Gasteiger partial charge in [0, 0.05) is 35.3 Å². The molecule has 2 aromatic carbocycles. The Bertz CT molecular complexity index is 960. The van der Waals surface area contributed by atoms with Crippen LogP contribution in [-0.4, -0.2) is 49.7 Å². The van der Waals surface area contributed by atoms with Gasteiger partial charge in [-0.2, -0.15) is 9.57 Å². The van der Waals surface area contributed by atoms with E-state index in [1.807, 2.05) is 18.2 Å². The lowest BCUT2D eigenvalue weighted by Gasteiger charge is -2.34. The molecule has 0 spiro atoms. The average molecular weight is 481 g/mol. The predicted molar refractivity (Wildman–Crippen MR) is 105 cm³/mol. The second kappa shape index (κ2) is 7.73. The molecule has 1 aliphatic rings. The van der Waals surface area contributed by atoms with Gasteiger partial charge >= 0.3 is 0 Å². The zero-order valence-electron chi connectivity index (χ0n) is 13.8. The third-order valence-corrected chi connectivity index (χ3v) is 6.92. The van der Waals surface area contributed by atoms with Crippen molar-refractivity contribution in [1.29, 1.82) is 5.26 Å². The molecule has 1 fully saturated rings. The van der Waals surface area contributed by atoms with E-state index in [9.17, 15) is 13.2 Å². The molecule has 0 radical (unpaired) electrons. The Morgan fingerprint density at radius 1 is 1.00 bits per heavy atom. The van der Waals surface area contributed by atoms with Crippen LogP contribution in [-0.2, 0) is 10.0 Å². The van der Waals surface area contributed by atoms with Crippen LogP contribution in [0.5, 0.6) is 0 Å². The molecule has 0 atom stereocenters. The van der Waals surface area contributed by atoms with Gasteiger partial charge in [0.05, 0.1) is 10.5 Å². The molecule has 0 saturated carbocycles. The lowest BCUT2D eigenvalue weighted by atomic mass is 10.2. The number of rotatable bonds is 3. The Morgan fingerprint density at radius 3 is 2.23 bits per heavy atom. The second-order valence-corrected chi connectivity index (χ2v) is 8.96. The van der Waals surface area contributed by atoms with Gasteiger partial charge in [-0.1, -0.05) is 12.1 Å². The molecule has 0 aromatic heterocycles. The number of halogens is 1. The van der Waals surface area contributed by atoms with E-state index in [1.54, 1.807) is 29.2 Å². The number of sulfonamides is 1. The second-order valence-electron chi connectivity index (χ2n) is 5.81. The molecule has 0 N–H and O–H groups in total. The lowest BCUT2D eigenvalue weighted by Crippen LogP contribution is -2.50. The molecular formula is C18H16IN3O3S. The smallest absolute Gasteiger partial charge is 0.253 e. The van der Waals surface area contributed by atoms with Gasteiger partial charge in [-0.3, -0.25) is 4.79 Å². The van der Waals surface area contributed by atoms with Gasteiger partial charge < -0.3 is 4.90 Å². The van der Waals surface area contributed by atoms with Crippen LogP contribution in [0.3, 0.4) is 0 Å². The summed E-state index contributed by atoms with van der Waals surface area (Å²) in [5, 5.41) is 9.15. The van der Waals surface area contributed by atoms with Gasteiger partial charge in [-0.15, -0.1) is 0 Å². The maximum absolute atomic E-state index is 12.8. The third kappa shape index (κ3) is 3.75. The van der Waals surface area contributed by atoms with E-state index in [-0.39, 0.29) is 29.5 Å². The van der Waals surface area contributed by atoms with Crippen molar-refractivity contribution in [1.82, 2.24) is 9.21 Å². The van der Waals surface area contributed by atoms with Crippen LogP contribution < -0.4 is 0 Å². The maximum Gasteiger partial charge on any atom is 0.253 e. The molecular weight excluding hydrogens is 465 g/mol. The molecule has 1 amide bonds. The van der Waals surface area contributed by atoms with Crippen molar-refractivity contribution in [2.45, 2.75) is 4.90 Å². The Kier molecular flexibility index (Phi) is 5.60. The summed E-state index contributed by atoms with van der Waals surface area (Å²) in [7, 11) is -3.75. The van der Waals surface area contributed by atoms with Crippen molar-refractivity contribution >= 4 is 38.5 Å². The molecule has 0 aliphatic carbocycles. The number of nitriles is 1. The fraction of sp³-hybridized carbons (Fsp3) is 0.222. The number of carbonyl (C=O) groups is 1. The Morgan fingerprint density at radius 2 is 1.62 bits per heavy atom. The summed E-state index contributed by atoms with van der Waals surface area (Å²) < 4.78 is 28.0. The fourth-order valence-corrected chi connectivity index (χ4v) is 4.75. The molecule has 3 rings (SSSR count). The van der Waals surface area contributed by atoms with E-state index in [1.165, 1.54) is 16.4 Å². The molecule has 0 unspecified atom stereocenters. The zero-order valence-corrected chi connectivity index (χ0v) is 16.8. The first-order valence-corrected chi connectivity index (χ1v) is 10.5. The van der Waals surface area contributed by atoms with Crippen LogP contribution in [0, 0.1) is 14.9 Å². The standard InChI is InChI=1S/C18H16IN3O3S/c19-16-7-5-14(6-8-16)18(23)21-9-11-22(12-10-21)26(24,25)17-4-2-1-3-15(17)13-20/h1-8H,9-12H2. The summed E-state index contributed by atoms with van der Waals surface area (Å²) in [5.41, 5.74) is 0.724. The normalized spacial score (nSPS) is 15.5. The van der Waals surface area contributed by atoms with Gasteiger partial charge in [0.1, 0.15) is 6.07 Å². The van der Waals surface area contributed by atoms with Crippen LogP contribution in [0.2, 0.25) is 0 Å². The predicted octanol–water partition coefficient (Wildman–Crippen LogP) is 2.31. The van der Waals surface area contributed by atoms with Gasteiger partial charge in [-0.25, -0.2) is 8.42 Å². The highest BCUT2D eigenvalue weighted by molar-refractivity contribution is 14.1. The quantitative estimate of drug-likeness (QED) is 0.631. The minimum Gasteiger partial charge on any atom is -0.336 e. The molecule has 0 bridgehead atoms. The number of hydrogen-bond acceptors (Lipinski definition) is 4. The van der Waals surface area contributed by atoms with Crippen LogP contribution in [0.4, 0.5) is 0 Å². The summed E-state index contributed by atoms with van der Waals surface area (Å²) in [6, 6.07) is 15.4. The van der Waals surface area contributed by atoms with Gasteiger partial charge in [0.25, 0.3) is 5.91 Å². The van der Waals surface area contributed by atoms with Crippen molar-refractivity contribution in [3.63, 3.8) is 0 Å². The number of benzene rings is 2. The largest absolute Gasteiger partial charge is 0.336 e. The van der Waals surface area contributed by atoms with Crippen molar-refractivity contribution in [3.05, 3.63) is 63.2 Å². The van der Waals surface area contributed by atoms with E-state index in [2.05, 4.69) is 22.6 Å². The molecule has 6 nitrogen and oxygen atoms in total. The van der Waals surface area contributed by atoms with Gasteiger partial charge in [0.2, 0.25) is 10.0 Å². The highest BCUT2D eigenvalue weighted by atomic mass is 127. The molecule has 8 heteroatoms. The van der Waals surface area contributed by atoms with E-state index in [4.69, 9.17) is 5.26 Å². The number of carbonyl (C=O) groups excluding carboxylic acids is 1. The monoisotopic (exact) mass is 481 g/mol. The molecule has 1 aliphatic heterocycles. The number of amides is 1. The van der Waals surface area contributed by atoms with Crippen LogP contribution in [0.1, 0.15) is 15.9 Å². The SMILES string of the molecule is N#Cc1ccccc1S(=O)(=O)N1CCN(C(=O)c2ccc(I)cc2)CC1. The summed E-state index contributed by atoms with van der Waals surface area (Å²) in [6.45, 7) is 1.05. The molecule has 134 valence electrons. The Balaban J connectivity index is 1.73. The summed E-state index contributed by atoms with van der Waals surface area (Å²) in [5.74, 6) is -0.101. The topological polar surface area (TPSA) is 81.5 Å². The molecule has 2 aromatic rings. The molecule has 1 heterocycles. The van der Waals surface area contributed by atoms with Gasteiger partial charge in [-0.05, 0) is 59.0 Å². The van der Waals surface area contributed by atoms with E-state index < -0.39 is 10.0 Å². The lowest BCUT2D eigenvalue weighted by molar-refractivity contribution is 0.0698. The van der Waals surface area contributed by atoms with Crippen molar-refractivity contribution in [2.75, 3.05) is 26.2 Å². The first-order valence-electron chi connectivity index (χ1n) is 7.97. The first kappa shape index (κ1) is 18.8. The number of piperazine rings is 1. The van der Waals surface area contributed by atoms with E-state index >= 15 is 0 Å². The fourth-order valence-electron chi connectivity index (χ4n) is 2.83. The Labute approximate surface area is 166 Å². The number of nitrogens with zero attached hydrogens (tertiary/aromatic N) is 3. The minimum atomic E-state index is -3.75. The summed E-state index contributed by atoms with van der Waals surface area (Å²) >= 11 is 2.18. The molecule has 1 saturated heterocycles. The highest BCUT2D eigenvalue weighted by Crippen LogP contribution is 2.21. The number of hydrogen-bond donors (Lipinski definition) is 0. The van der Waals surface area contributed by atoms with Crippen molar-refractivity contribution < 1.29 is 13.2 Å². The Hall–Kier alpha value is -1.96. The summed E-state index contributed by atoms with van der Waals surface area (Å²) in [4.78, 5) is 14.2. The van der Waals surface area contributed by atoms with Crippen LogP contribution in [0.25, 0.3) is 0 Å². The van der Waals surface area contributed by atoms with Crippen molar-refractivity contribution in [3.8, 4) is 6.07 Å². The van der Waals surface area contributed by atoms with Gasteiger partial charge in [0.15, 0.2) is 0 Å². The average Bonchev–Trinajstić information content (AvgIpc) is 2.68. The maximum atomic E-state index is 12.8. The highest BCUT2D eigenvalue weighted by Gasteiger charge is 2.31. The third-order valence-electron chi connectivity index (χ3n) is 4.24. The summed E-state index contributed by atoms with van der Waals surface area (Å²) in [6.07, 6.45) is 0. The molecule has 26 heavy (non-hydrogen) atoms. The minimum absolute atomic E-state index is 0.0138. The van der Waals surface area contributed by atoms with Crippen LogP contribution in [0.15, 0.2) is 53.4 Å². The first-order chi connectivity index (χ1) is 12.4. The van der Waals surface area contributed by atoms with E-state index in [0.29, 0.717) is 18.7 Å².